The van der Waals surface area contributed by atoms with Crippen LogP contribution in [0.4, 0.5) is 0 Å². The molecule has 0 saturated carbocycles. The number of ether oxygens (including phenoxy) is 1. The number of rotatable bonds is 9. The van der Waals surface area contributed by atoms with Crippen molar-refractivity contribution in [3.8, 4) is 12.3 Å². The number of hydrogen-bond acceptors (Lipinski definition) is 1. The molecule has 0 aliphatic heterocycles. The summed E-state index contributed by atoms with van der Waals surface area (Å²) in [6.45, 7) is 2.20. The van der Waals surface area contributed by atoms with Crippen LogP contribution in [0.15, 0.2) is 91.0 Å². The topological polar surface area (TPSA) is 9.23 Å². The molecule has 3 rings (SSSR count). The minimum atomic E-state index is -0.695. The summed E-state index contributed by atoms with van der Waals surface area (Å²) >= 11 is 0. The lowest BCUT2D eigenvalue weighted by Crippen LogP contribution is -2.37. The average Bonchev–Trinajstić information content (AvgIpc) is 2.77. The van der Waals surface area contributed by atoms with E-state index in [1.54, 1.807) is 0 Å². The fraction of sp³-hybridized carbons (Fsp3) is 0.259. The second kappa shape index (κ2) is 9.93. The minimum Gasteiger partial charge on any atom is -0.357 e. The quantitative estimate of drug-likeness (QED) is 0.306. The summed E-state index contributed by atoms with van der Waals surface area (Å²) in [5.74, 6) is 2.83. The van der Waals surface area contributed by atoms with Crippen molar-refractivity contribution in [2.45, 2.75) is 44.3 Å². The van der Waals surface area contributed by atoms with Crippen molar-refractivity contribution in [1.82, 2.24) is 0 Å². The van der Waals surface area contributed by atoms with E-state index in [-0.39, 0.29) is 6.10 Å². The third kappa shape index (κ3) is 4.35. The fourth-order valence-electron chi connectivity index (χ4n) is 3.74. The van der Waals surface area contributed by atoms with Gasteiger partial charge in [-0.05, 0) is 23.1 Å². The highest BCUT2D eigenvalue weighted by atomic mass is 16.5. The van der Waals surface area contributed by atoms with E-state index in [9.17, 15) is 0 Å². The minimum absolute atomic E-state index is 0.00873. The Labute approximate surface area is 169 Å². The normalized spacial score (nSPS) is 12.3. The smallest absolute Gasteiger partial charge is 0.144 e. The standard InChI is InChI=1S/C27H28O/c1-3-5-22-26(15-4-2)28-27(23-16-9-6-10-17-23,24-18-11-7-12-19-24)25-20-13-8-14-21-25/h2,6-14,16-21,26H,3,5,15,22H2,1H3. The van der Waals surface area contributed by atoms with Crippen LogP contribution in [0.3, 0.4) is 0 Å². The highest BCUT2D eigenvalue weighted by Crippen LogP contribution is 2.42. The zero-order valence-electron chi connectivity index (χ0n) is 16.6. The highest BCUT2D eigenvalue weighted by molar-refractivity contribution is 5.47. The second-order valence-electron chi connectivity index (χ2n) is 7.07. The van der Waals surface area contributed by atoms with Crippen molar-refractivity contribution in [3.63, 3.8) is 0 Å². The molecule has 3 aromatic rings. The van der Waals surface area contributed by atoms with Gasteiger partial charge in [0, 0.05) is 6.42 Å². The molecule has 1 heteroatoms. The molecular formula is C27H28O. The maximum Gasteiger partial charge on any atom is 0.144 e. The maximum atomic E-state index is 7.00. The number of hydrogen-bond donors (Lipinski definition) is 0. The van der Waals surface area contributed by atoms with Gasteiger partial charge >= 0.3 is 0 Å². The van der Waals surface area contributed by atoms with E-state index in [2.05, 4.69) is 85.6 Å². The van der Waals surface area contributed by atoms with Gasteiger partial charge in [0.2, 0.25) is 0 Å². The molecular weight excluding hydrogens is 340 g/mol. The summed E-state index contributed by atoms with van der Waals surface area (Å²) in [6, 6.07) is 31.4. The molecule has 3 aromatic carbocycles. The zero-order valence-corrected chi connectivity index (χ0v) is 16.6. The van der Waals surface area contributed by atoms with Gasteiger partial charge in [0.15, 0.2) is 0 Å². The lowest BCUT2D eigenvalue weighted by Gasteiger charge is -2.39. The summed E-state index contributed by atoms with van der Waals surface area (Å²) in [5.41, 5.74) is 2.65. The molecule has 0 spiro atoms. The van der Waals surface area contributed by atoms with Gasteiger partial charge in [0.05, 0.1) is 6.10 Å². The molecule has 0 radical (unpaired) electrons. The third-order valence-corrected chi connectivity index (χ3v) is 5.11. The molecule has 0 amide bonds. The Morgan fingerprint density at radius 1 is 0.786 bits per heavy atom. The molecule has 0 N–H and O–H groups in total. The predicted molar refractivity (Wildman–Crippen MR) is 117 cm³/mol. The molecule has 0 bridgehead atoms. The predicted octanol–water partition coefficient (Wildman–Crippen LogP) is 6.58. The van der Waals surface area contributed by atoms with Crippen molar-refractivity contribution in [2.24, 2.45) is 0 Å². The first-order chi connectivity index (χ1) is 13.8. The molecule has 1 nitrogen and oxygen atoms in total. The van der Waals surface area contributed by atoms with Gasteiger partial charge in [-0.15, -0.1) is 12.3 Å². The fourth-order valence-corrected chi connectivity index (χ4v) is 3.74. The van der Waals surface area contributed by atoms with Crippen LogP contribution in [0.5, 0.6) is 0 Å². The van der Waals surface area contributed by atoms with Gasteiger partial charge in [-0.1, -0.05) is 111 Å². The van der Waals surface area contributed by atoms with Gasteiger partial charge < -0.3 is 4.74 Å². The molecule has 1 atom stereocenters. The van der Waals surface area contributed by atoms with Gasteiger partial charge in [0.1, 0.15) is 5.60 Å². The van der Waals surface area contributed by atoms with Crippen molar-refractivity contribution < 1.29 is 4.74 Å². The van der Waals surface area contributed by atoms with E-state index < -0.39 is 5.60 Å². The number of terminal acetylenes is 1. The molecule has 0 aromatic heterocycles. The number of unbranched alkanes of at least 4 members (excludes halogenated alkanes) is 1. The molecule has 0 heterocycles. The van der Waals surface area contributed by atoms with Crippen molar-refractivity contribution >= 4 is 0 Å². The van der Waals surface area contributed by atoms with Gasteiger partial charge in [-0.25, -0.2) is 0 Å². The second-order valence-corrected chi connectivity index (χ2v) is 7.07. The monoisotopic (exact) mass is 368 g/mol. The van der Waals surface area contributed by atoms with E-state index in [1.807, 2.05) is 18.2 Å². The van der Waals surface area contributed by atoms with Crippen LogP contribution in [0.25, 0.3) is 0 Å². The van der Waals surface area contributed by atoms with Gasteiger partial charge in [-0.2, -0.15) is 0 Å². The summed E-state index contributed by atoms with van der Waals surface area (Å²) in [7, 11) is 0. The van der Waals surface area contributed by atoms with E-state index in [1.165, 1.54) is 0 Å². The average molecular weight is 369 g/mol. The summed E-state index contributed by atoms with van der Waals surface area (Å²) < 4.78 is 7.00. The van der Waals surface area contributed by atoms with Crippen LogP contribution in [0.1, 0.15) is 49.3 Å². The Morgan fingerprint density at radius 2 is 1.21 bits per heavy atom. The van der Waals surface area contributed by atoms with Crippen LogP contribution in [-0.2, 0) is 10.3 Å². The molecule has 1 unspecified atom stereocenters. The van der Waals surface area contributed by atoms with E-state index in [0.717, 1.165) is 36.0 Å². The number of benzene rings is 3. The van der Waals surface area contributed by atoms with E-state index >= 15 is 0 Å². The van der Waals surface area contributed by atoms with Crippen LogP contribution >= 0.6 is 0 Å². The van der Waals surface area contributed by atoms with Gasteiger partial charge in [-0.3, -0.25) is 0 Å². The SMILES string of the molecule is C#CCC(CCCC)OC(c1ccccc1)(c1ccccc1)c1ccccc1. The van der Waals surface area contributed by atoms with E-state index in [0.29, 0.717) is 6.42 Å². The molecule has 142 valence electrons. The molecule has 0 saturated heterocycles. The maximum absolute atomic E-state index is 7.00. The van der Waals surface area contributed by atoms with E-state index in [4.69, 9.17) is 11.2 Å². The largest absolute Gasteiger partial charge is 0.357 e. The van der Waals surface area contributed by atoms with Crippen molar-refractivity contribution in [2.75, 3.05) is 0 Å². The van der Waals surface area contributed by atoms with Crippen molar-refractivity contribution in [3.05, 3.63) is 108 Å². The van der Waals surface area contributed by atoms with Crippen molar-refractivity contribution in [1.29, 1.82) is 0 Å². The zero-order chi connectivity index (χ0) is 19.7. The lowest BCUT2D eigenvalue weighted by atomic mass is 9.79. The Morgan fingerprint density at radius 3 is 1.57 bits per heavy atom. The molecule has 0 aliphatic carbocycles. The molecule has 28 heavy (non-hydrogen) atoms. The first-order valence-corrected chi connectivity index (χ1v) is 10.1. The van der Waals surface area contributed by atoms with Crippen LogP contribution in [0, 0.1) is 12.3 Å². The van der Waals surface area contributed by atoms with Crippen LogP contribution < -0.4 is 0 Å². The highest BCUT2D eigenvalue weighted by Gasteiger charge is 2.39. The molecule has 0 fully saturated rings. The molecule has 0 aliphatic rings. The Hall–Kier alpha value is -2.82. The van der Waals surface area contributed by atoms with Crippen LogP contribution in [-0.4, -0.2) is 6.10 Å². The summed E-state index contributed by atoms with van der Waals surface area (Å²) in [4.78, 5) is 0. The Bertz CT molecular complexity index is 766. The summed E-state index contributed by atoms with van der Waals surface area (Å²) in [5, 5.41) is 0. The Kier molecular flexibility index (Phi) is 7.06. The summed E-state index contributed by atoms with van der Waals surface area (Å²) in [6.07, 6.45) is 9.48. The third-order valence-electron chi connectivity index (χ3n) is 5.11. The lowest BCUT2D eigenvalue weighted by molar-refractivity contribution is -0.0491. The first-order valence-electron chi connectivity index (χ1n) is 10.1. The Balaban J connectivity index is 2.20. The van der Waals surface area contributed by atoms with Crippen LogP contribution in [0.2, 0.25) is 0 Å². The first kappa shape index (κ1) is 19.9. The van der Waals surface area contributed by atoms with Gasteiger partial charge in [0.25, 0.3) is 0 Å².